The van der Waals surface area contributed by atoms with Gasteiger partial charge in [-0.05, 0) is 85.4 Å². The summed E-state index contributed by atoms with van der Waals surface area (Å²) in [4.78, 5) is 47.9. The number of allylic oxidation sites excluding steroid dienone is 2. The van der Waals surface area contributed by atoms with Gasteiger partial charge in [-0.2, -0.15) is 0 Å². The van der Waals surface area contributed by atoms with Crippen molar-refractivity contribution in [3.05, 3.63) is 104 Å². The van der Waals surface area contributed by atoms with Crippen LogP contribution in [0.15, 0.2) is 70.3 Å². The van der Waals surface area contributed by atoms with E-state index in [1.807, 2.05) is 13.8 Å². The van der Waals surface area contributed by atoms with E-state index in [0.29, 0.717) is 52.4 Å². The first-order valence-electron chi connectivity index (χ1n) is 17.8. The van der Waals surface area contributed by atoms with E-state index >= 15 is 0 Å². The Labute approximate surface area is 299 Å². The predicted molar refractivity (Wildman–Crippen MR) is 195 cm³/mol. The van der Waals surface area contributed by atoms with Crippen molar-refractivity contribution in [1.82, 2.24) is 9.13 Å². The largest absolute Gasteiger partial charge is 0.478 e. The van der Waals surface area contributed by atoms with Gasteiger partial charge in [0.05, 0.1) is 48.6 Å². The first-order chi connectivity index (χ1) is 25.1. The molecule has 0 bridgehead atoms. The topological polar surface area (TPSA) is 156 Å². The van der Waals surface area contributed by atoms with Crippen LogP contribution in [-0.2, 0) is 32.0 Å². The number of aromatic nitrogens is 2. The summed E-state index contributed by atoms with van der Waals surface area (Å²) in [7, 11) is 0. The molecule has 2 saturated heterocycles. The summed E-state index contributed by atoms with van der Waals surface area (Å²) < 4.78 is 26.3. The van der Waals surface area contributed by atoms with Gasteiger partial charge in [0.25, 0.3) is 11.1 Å². The lowest BCUT2D eigenvalue weighted by Gasteiger charge is -2.31. The minimum absolute atomic E-state index is 0.0763. The van der Waals surface area contributed by atoms with Crippen molar-refractivity contribution in [2.75, 3.05) is 26.4 Å². The first kappa shape index (κ1) is 35.5. The second-order valence-electron chi connectivity index (χ2n) is 13.4. The molecule has 2 aliphatic heterocycles. The minimum atomic E-state index is -0.976. The van der Waals surface area contributed by atoms with E-state index in [1.54, 1.807) is 57.7 Å². The zero-order valence-corrected chi connectivity index (χ0v) is 29.3. The van der Waals surface area contributed by atoms with Crippen LogP contribution >= 0.6 is 0 Å². The molecule has 0 unspecified atom stereocenters. The molecule has 0 amide bonds. The second kappa shape index (κ2) is 14.3. The number of carboxylic acid groups (broad SMARTS) is 2. The Morgan fingerprint density at radius 3 is 1.33 bits per heavy atom. The van der Waals surface area contributed by atoms with Crippen LogP contribution in [0.2, 0.25) is 0 Å². The molecule has 4 aliphatic rings. The number of aryl methyl sites for hydroxylation is 2. The van der Waals surface area contributed by atoms with Crippen LogP contribution in [0.4, 0.5) is 0 Å². The number of nitrogens with zero attached hydrogens (tertiary/aromatic N) is 2. The molecule has 12 heteroatoms. The van der Waals surface area contributed by atoms with Gasteiger partial charge < -0.3 is 38.3 Å². The average Bonchev–Trinajstić information content (AvgIpc) is 3.81. The SMILES string of the molecule is CCn1c(=O)cc(C2=CCC3(CC2)OCCO3)c2cc(C(=O)O)ccc21.CCn1c(=O)cc(C2=CCC3(CC2)OCCO3)c2cc(C(=O)O)ccc21. The third-order valence-electron chi connectivity index (χ3n) is 10.5. The lowest BCUT2D eigenvalue weighted by atomic mass is 9.88. The summed E-state index contributed by atoms with van der Waals surface area (Å²) in [5.41, 5.74) is 5.51. The third kappa shape index (κ3) is 6.63. The minimum Gasteiger partial charge on any atom is -0.478 e. The number of pyridine rings is 2. The van der Waals surface area contributed by atoms with Crippen molar-refractivity contribution >= 4 is 44.9 Å². The van der Waals surface area contributed by atoms with Crippen LogP contribution < -0.4 is 11.1 Å². The Kier molecular flexibility index (Phi) is 9.75. The highest BCUT2D eigenvalue weighted by Crippen LogP contribution is 2.41. The number of ether oxygens (including phenoxy) is 4. The van der Waals surface area contributed by atoms with Crippen molar-refractivity contribution in [1.29, 1.82) is 0 Å². The molecule has 2 fully saturated rings. The molecule has 2 aromatic heterocycles. The number of hydrogen-bond donors (Lipinski definition) is 2. The van der Waals surface area contributed by atoms with Gasteiger partial charge >= 0.3 is 11.9 Å². The second-order valence-corrected chi connectivity index (χ2v) is 13.4. The van der Waals surface area contributed by atoms with Crippen LogP contribution in [0.5, 0.6) is 0 Å². The maximum atomic E-state index is 12.6. The molecule has 0 radical (unpaired) electrons. The van der Waals surface area contributed by atoms with Gasteiger partial charge in [-0.25, -0.2) is 9.59 Å². The van der Waals surface area contributed by atoms with Crippen molar-refractivity contribution in [3.63, 3.8) is 0 Å². The van der Waals surface area contributed by atoms with Crippen LogP contribution in [0, 0.1) is 0 Å². The normalized spacial score (nSPS) is 19.0. The van der Waals surface area contributed by atoms with E-state index in [2.05, 4.69) is 12.2 Å². The fourth-order valence-corrected chi connectivity index (χ4v) is 7.84. The Morgan fingerprint density at radius 1 is 0.635 bits per heavy atom. The summed E-state index contributed by atoms with van der Waals surface area (Å²) in [5, 5.41) is 20.3. The fraction of sp³-hybridized carbons (Fsp3) is 0.400. The van der Waals surface area contributed by atoms with Gasteiger partial charge in [0.2, 0.25) is 0 Å². The molecule has 2 N–H and O–H groups in total. The standard InChI is InChI=1S/2C20H21NO5/c2*1-2-21-17-4-3-14(19(23)24)11-16(17)15(12-18(21)22)13-5-7-20(8-6-13)25-9-10-26-20/h2*3-5,11-12H,2,6-10H2,1H3,(H,23,24). The number of carboxylic acids is 2. The quantitative estimate of drug-likeness (QED) is 0.241. The third-order valence-corrected chi connectivity index (χ3v) is 10.5. The zero-order chi connectivity index (χ0) is 36.6. The van der Waals surface area contributed by atoms with Crippen LogP contribution in [0.3, 0.4) is 0 Å². The monoisotopic (exact) mass is 710 g/mol. The average molecular weight is 711 g/mol. The van der Waals surface area contributed by atoms with E-state index in [4.69, 9.17) is 18.9 Å². The molecule has 8 rings (SSSR count). The van der Waals surface area contributed by atoms with Gasteiger partial charge in [-0.1, -0.05) is 12.2 Å². The van der Waals surface area contributed by atoms with E-state index in [-0.39, 0.29) is 22.2 Å². The molecular formula is C40H42N2O10. The van der Waals surface area contributed by atoms with Gasteiger partial charge in [0.1, 0.15) is 0 Å². The van der Waals surface area contributed by atoms with Crippen molar-refractivity contribution in [2.45, 2.75) is 77.0 Å². The first-order valence-corrected chi connectivity index (χ1v) is 17.8. The molecule has 272 valence electrons. The van der Waals surface area contributed by atoms with E-state index in [0.717, 1.165) is 69.8 Å². The van der Waals surface area contributed by atoms with Gasteiger partial charge in [-0.3, -0.25) is 9.59 Å². The zero-order valence-electron chi connectivity index (χ0n) is 29.3. The molecule has 2 spiro atoms. The summed E-state index contributed by atoms with van der Waals surface area (Å²) >= 11 is 0. The lowest BCUT2D eigenvalue weighted by Crippen LogP contribution is -2.31. The highest BCUT2D eigenvalue weighted by atomic mass is 16.7. The maximum Gasteiger partial charge on any atom is 0.335 e. The molecule has 4 aromatic rings. The Bertz CT molecular complexity index is 2090. The Morgan fingerprint density at radius 2 is 1.02 bits per heavy atom. The Hall–Kier alpha value is -4.88. The molecular weight excluding hydrogens is 668 g/mol. The summed E-state index contributed by atoms with van der Waals surface area (Å²) in [6.45, 7) is 7.33. The number of fused-ring (bicyclic) bond motifs is 2. The number of hydrogen-bond acceptors (Lipinski definition) is 8. The van der Waals surface area contributed by atoms with Crippen LogP contribution in [0.25, 0.3) is 33.0 Å². The van der Waals surface area contributed by atoms with Crippen molar-refractivity contribution in [3.8, 4) is 0 Å². The van der Waals surface area contributed by atoms with Gasteiger partial charge in [-0.15, -0.1) is 0 Å². The lowest BCUT2D eigenvalue weighted by molar-refractivity contribution is -0.160. The predicted octanol–water partition coefficient (Wildman–Crippen LogP) is 6.06. The number of rotatable bonds is 6. The van der Waals surface area contributed by atoms with E-state index in [9.17, 15) is 29.4 Å². The molecule has 2 aliphatic carbocycles. The highest BCUT2D eigenvalue weighted by molar-refractivity contribution is 5.99. The molecule has 2 aromatic carbocycles. The molecule has 0 saturated carbocycles. The molecule has 12 nitrogen and oxygen atoms in total. The molecule has 52 heavy (non-hydrogen) atoms. The smallest absolute Gasteiger partial charge is 0.335 e. The van der Waals surface area contributed by atoms with Crippen LogP contribution in [-0.4, -0.2) is 69.3 Å². The molecule has 4 heterocycles. The summed E-state index contributed by atoms with van der Waals surface area (Å²) in [6, 6.07) is 13.1. The van der Waals surface area contributed by atoms with E-state index < -0.39 is 23.5 Å². The number of carbonyl (C=O) groups is 2. The summed E-state index contributed by atoms with van der Waals surface area (Å²) in [6.07, 6.45) is 8.31. The van der Waals surface area contributed by atoms with Gasteiger partial charge in [0, 0.05) is 61.7 Å². The Balaban J connectivity index is 0.000000162. The van der Waals surface area contributed by atoms with Crippen LogP contribution in [0.1, 0.15) is 84.2 Å². The van der Waals surface area contributed by atoms with Crippen molar-refractivity contribution in [2.24, 2.45) is 0 Å². The summed E-state index contributed by atoms with van der Waals surface area (Å²) in [5.74, 6) is -3.00. The maximum absolute atomic E-state index is 12.6. The number of benzene rings is 2. The number of aromatic carboxylic acids is 2. The molecule has 0 atom stereocenters. The fourth-order valence-electron chi connectivity index (χ4n) is 7.84. The van der Waals surface area contributed by atoms with E-state index in [1.165, 1.54) is 0 Å². The highest BCUT2D eigenvalue weighted by Gasteiger charge is 2.39. The van der Waals surface area contributed by atoms with Gasteiger partial charge in [0.15, 0.2) is 11.6 Å². The van der Waals surface area contributed by atoms with Crippen molar-refractivity contribution < 1.29 is 38.7 Å².